The first-order chi connectivity index (χ1) is 6.72. The molecule has 6 nitrogen and oxygen atoms in total. The second-order valence-corrected chi connectivity index (χ2v) is 2.68. The fourth-order valence-electron chi connectivity index (χ4n) is 1.24. The van der Waals surface area contributed by atoms with Gasteiger partial charge in [0.05, 0.1) is 17.5 Å². The van der Waals surface area contributed by atoms with Crippen molar-refractivity contribution in [2.24, 2.45) is 0 Å². The first kappa shape index (κ1) is 8.49. The third-order valence-corrected chi connectivity index (χ3v) is 1.86. The fraction of sp³-hybridized carbons (Fsp3) is 0.125. The van der Waals surface area contributed by atoms with Gasteiger partial charge in [-0.2, -0.15) is 4.98 Å². The van der Waals surface area contributed by atoms with Gasteiger partial charge in [-0.15, -0.1) is 0 Å². The number of para-hydroxylation sites is 1. The van der Waals surface area contributed by atoms with Gasteiger partial charge in [0.25, 0.3) is 11.7 Å². The van der Waals surface area contributed by atoms with E-state index < -0.39 is 4.92 Å². The van der Waals surface area contributed by atoms with E-state index in [2.05, 4.69) is 9.97 Å². The van der Waals surface area contributed by atoms with Gasteiger partial charge < -0.3 is 9.72 Å². The molecule has 0 bridgehead atoms. The third-order valence-electron chi connectivity index (χ3n) is 1.86. The maximum atomic E-state index is 10.6. The van der Waals surface area contributed by atoms with E-state index in [-0.39, 0.29) is 11.7 Å². The van der Waals surface area contributed by atoms with Crippen molar-refractivity contribution < 1.29 is 9.66 Å². The molecule has 14 heavy (non-hydrogen) atoms. The van der Waals surface area contributed by atoms with Crippen molar-refractivity contribution in [3.05, 3.63) is 28.3 Å². The average Bonchev–Trinajstić information content (AvgIpc) is 2.59. The van der Waals surface area contributed by atoms with Crippen LogP contribution in [0.25, 0.3) is 11.0 Å². The van der Waals surface area contributed by atoms with Crippen molar-refractivity contribution in [1.29, 1.82) is 0 Å². The topological polar surface area (TPSA) is 81.1 Å². The molecule has 72 valence electrons. The molecule has 0 saturated carbocycles. The molecule has 0 radical (unpaired) electrons. The monoisotopic (exact) mass is 193 g/mol. The number of nitrogens with one attached hydrogen (secondary N) is 1. The molecule has 2 aromatic rings. The fourth-order valence-corrected chi connectivity index (χ4v) is 1.24. The molecule has 1 heterocycles. The van der Waals surface area contributed by atoms with E-state index in [9.17, 15) is 10.1 Å². The standard InChI is InChI=1S/C8H7N3O3/c1-14-8-9-5-3-2-4-6(11(12)13)7(5)10-8/h2-4H,1H3,(H,9,10). The van der Waals surface area contributed by atoms with Gasteiger partial charge in [-0.25, -0.2) is 0 Å². The summed E-state index contributed by atoms with van der Waals surface area (Å²) in [5.41, 5.74) is 0.882. The van der Waals surface area contributed by atoms with Crippen LogP contribution in [-0.2, 0) is 0 Å². The van der Waals surface area contributed by atoms with Gasteiger partial charge in [-0.05, 0) is 6.07 Å². The van der Waals surface area contributed by atoms with E-state index in [0.717, 1.165) is 0 Å². The quantitative estimate of drug-likeness (QED) is 0.578. The van der Waals surface area contributed by atoms with Gasteiger partial charge in [-0.1, -0.05) is 6.07 Å². The molecule has 0 aliphatic rings. The molecule has 0 aliphatic carbocycles. The van der Waals surface area contributed by atoms with Crippen molar-refractivity contribution in [1.82, 2.24) is 9.97 Å². The van der Waals surface area contributed by atoms with Crippen LogP contribution in [0.3, 0.4) is 0 Å². The summed E-state index contributed by atoms with van der Waals surface area (Å²) < 4.78 is 4.84. The summed E-state index contributed by atoms with van der Waals surface area (Å²) in [5.74, 6) is 0. The molecule has 1 aromatic carbocycles. The number of non-ortho nitro benzene ring substituents is 1. The normalized spacial score (nSPS) is 10.4. The van der Waals surface area contributed by atoms with Crippen LogP contribution < -0.4 is 4.74 Å². The first-order valence-electron chi connectivity index (χ1n) is 3.89. The lowest BCUT2D eigenvalue weighted by Crippen LogP contribution is -1.88. The number of H-pyrrole nitrogens is 1. The van der Waals surface area contributed by atoms with Crippen molar-refractivity contribution in [2.45, 2.75) is 0 Å². The summed E-state index contributed by atoms with van der Waals surface area (Å²) in [6.07, 6.45) is 0. The van der Waals surface area contributed by atoms with Gasteiger partial charge in [0.1, 0.15) is 0 Å². The molecule has 0 amide bonds. The van der Waals surface area contributed by atoms with E-state index >= 15 is 0 Å². The maximum Gasteiger partial charge on any atom is 0.297 e. The summed E-state index contributed by atoms with van der Waals surface area (Å²) in [6, 6.07) is 4.98. The lowest BCUT2D eigenvalue weighted by atomic mass is 10.3. The Labute approximate surface area is 78.7 Å². The van der Waals surface area contributed by atoms with Crippen LogP contribution in [0, 0.1) is 10.1 Å². The van der Waals surface area contributed by atoms with Crippen LogP contribution in [-0.4, -0.2) is 22.0 Å². The van der Waals surface area contributed by atoms with Crippen LogP contribution in [0.15, 0.2) is 18.2 Å². The van der Waals surface area contributed by atoms with E-state index in [1.54, 1.807) is 12.1 Å². The Morgan fingerprint density at radius 3 is 3.00 bits per heavy atom. The Morgan fingerprint density at radius 2 is 2.36 bits per heavy atom. The van der Waals surface area contributed by atoms with Gasteiger partial charge in [-0.3, -0.25) is 10.1 Å². The van der Waals surface area contributed by atoms with Crippen molar-refractivity contribution in [2.75, 3.05) is 7.11 Å². The number of nitro groups is 1. The smallest absolute Gasteiger partial charge is 0.297 e. The summed E-state index contributed by atoms with van der Waals surface area (Å²) in [7, 11) is 1.45. The molecule has 2 rings (SSSR count). The minimum absolute atomic E-state index is 0.0259. The Hall–Kier alpha value is -2.11. The molecule has 0 unspecified atom stereocenters. The zero-order valence-corrected chi connectivity index (χ0v) is 7.35. The number of benzene rings is 1. The predicted molar refractivity (Wildman–Crippen MR) is 49.3 cm³/mol. The predicted octanol–water partition coefficient (Wildman–Crippen LogP) is 1.48. The number of aromatic amines is 1. The highest BCUT2D eigenvalue weighted by Crippen LogP contribution is 2.24. The minimum Gasteiger partial charge on any atom is -0.468 e. The first-order valence-corrected chi connectivity index (χ1v) is 3.89. The van der Waals surface area contributed by atoms with E-state index in [1.165, 1.54) is 13.2 Å². The zero-order valence-electron chi connectivity index (χ0n) is 7.35. The molecule has 1 aromatic heterocycles. The Kier molecular flexibility index (Phi) is 1.81. The van der Waals surface area contributed by atoms with Crippen LogP contribution in [0.2, 0.25) is 0 Å². The Morgan fingerprint density at radius 1 is 1.57 bits per heavy atom. The molecular weight excluding hydrogens is 186 g/mol. The van der Waals surface area contributed by atoms with Crippen LogP contribution >= 0.6 is 0 Å². The molecule has 1 N–H and O–H groups in total. The molecule has 0 aliphatic heterocycles. The third kappa shape index (κ3) is 1.17. The van der Waals surface area contributed by atoms with Crippen LogP contribution in [0.5, 0.6) is 6.01 Å². The summed E-state index contributed by atoms with van der Waals surface area (Å²) in [5, 5.41) is 10.6. The lowest BCUT2D eigenvalue weighted by Gasteiger charge is -1.89. The van der Waals surface area contributed by atoms with Gasteiger partial charge in [0.15, 0.2) is 5.52 Å². The van der Waals surface area contributed by atoms with E-state index in [0.29, 0.717) is 11.0 Å². The lowest BCUT2D eigenvalue weighted by molar-refractivity contribution is -0.383. The molecule has 0 spiro atoms. The minimum atomic E-state index is -0.470. The number of hydrogen-bond donors (Lipinski definition) is 1. The highest BCUT2D eigenvalue weighted by atomic mass is 16.6. The van der Waals surface area contributed by atoms with Gasteiger partial charge in [0, 0.05) is 6.07 Å². The van der Waals surface area contributed by atoms with Gasteiger partial charge in [0.2, 0.25) is 0 Å². The molecule has 0 atom stereocenters. The highest BCUT2D eigenvalue weighted by molar-refractivity contribution is 5.84. The number of ether oxygens (including phenoxy) is 1. The molecular formula is C8H7N3O3. The van der Waals surface area contributed by atoms with Crippen molar-refractivity contribution in [3.8, 4) is 6.01 Å². The number of aromatic nitrogens is 2. The molecule has 6 heteroatoms. The number of imidazole rings is 1. The molecule has 0 fully saturated rings. The van der Waals surface area contributed by atoms with Gasteiger partial charge >= 0.3 is 0 Å². The zero-order chi connectivity index (χ0) is 10.1. The van der Waals surface area contributed by atoms with E-state index in [4.69, 9.17) is 4.74 Å². The van der Waals surface area contributed by atoms with Crippen molar-refractivity contribution in [3.63, 3.8) is 0 Å². The second kappa shape index (κ2) is 2.99. The SMILES string of the molecule is COc1nc2c([N+](=O)[O-])cccc2[nH]1. The Bertz CT molecular complexity index is 492. The average molecular weight is 193 g/mol. The summed E-state index contributed by atoms with van der Waals surface area (Å²) >= 11 is 0. The number of nitro benzene ring substituents is 1. The number of rotatable bonds is 2. The maximum absolute atomic E-state index is 10.6. The number of nitrogens with zero attached hydrogens (tertiary/aromatic N) is 2. The Balaban J connectivity index is 2.73. The van der Waals surface area contributed by atoms with E-state index in [1.807, 2.05) is 0 Å². The highest BCUT2D eigenvalue weighted by Gasteiger charge is 2.15. The summed E-state index contributed by atoms with van der Waals surface area (Å²) in [4.78, 5) is 16.9. The molecule has 0 saturated heterocycles. The summed E-state index contributed by atoms with van der Waals surface area (Å²) in [6.45, 7) is 0. The van der Waals surface area contributed by atoms with Crippen molar-refractivity contribution >= 4 is 16.7 Å². The van der Waals surface area contributed by atoms with Crippen LogP contribution in [0.4, 0.5) is 5.69 Å². The number of methoxy groups -OCH3 is 1. The number of hydrogen-bond acceptors (Lipinski definition) is 4. The second-order valence-electron chi connectivity index (χ2n) is 2.68. The largest absolute Gasteiger partial charge is 0.468 e. The number of fused-ring (bicyclic) bond motifs is 1. The van der Waals surface area contributed by atoms with Crippen LogP contribution in [0.1, 0.15) is 0 Å².